The van der Waals surface area contributed by atoms with E-state index in [9.17, 15) is 29.7 Å². The number of carbonyl (C=O) groups excluding carboxylic acids is 2. The molecule has 1 unspecified atom stereocenters. The lowest BCUT2D eigenvalue weighted by Crippen LogP contribution is -2.42. The molecule has 0 radical (unpaired) electrons. The second-order valence-electron chi connectivity index (χ2n) is 9.23. The number of benzene rings is 3. The summed E-state index contributed by atoms with van der Waals surface area (Å²) < 4.78 is 5.40. The maximum atomic E-state index is 13.2. The molecule has 200 valence electrons. The number of hydrogen-bond acceptors (Lipinski definition) is 6. The van der Waals surface area contributed by atoms with E-state index in [0.29, 0.717) is 40.8 Å². The maximum Gasteiger partial charge on any atom is 0.326 e. The highest BCUT2D eigenvalue weighted by atomic mass is 35.5. The number of aromatic hydroxyl groups is 2. The molecule has 0 fully saturated rings. The number of furan rings is 1. The molecule has 1 aliphatic heterocycles. The maximum absolute atomic E-state index is 13.2. The van der Waals surface area contributed by atoms with E-state index in [0.717, 1.165) is 5.39 Å². The third-order valence-corrected chi connectivity index (χ3v) is 7.42. The van der Waals surface area contributed by atoms with Gasteiger partial charge in [-0.3, -0.25) is 9.59 Å². The predicted octanol–water partition coefficient (Wildman–Crippen LogP) is 4.78. The van der Waals surface area contributed by atoms with Crippen molar-refractivity contribution < 1.29 is 34.1 Å². The van der Waals surface area contributed by atoms with Crippen LogP contribution in [0.25, 0.3) is 11.0 Å². The van der Waals surface area contributed by atoms with Gasteiger partial charge in [-0.1, -0.05) is 35.3 Å². The fraction of sp³-hybridized carbons (Fsp3) is 0.179. The van der Waals surface area contributed by atoms with E-state index in [4.69, 9.17) is 27.6 Å². The number of nitrogens with one attached hydrogen (secondary N) is 1. The van der Waals surface area contributed by atoms with E-state index in [1.807, 2.05) is 12.1 Å². The summed E-state index contributed by atoms with van der Waals surface area (Å²) in [5.74, 6) is -3.01. The van der Waals surface area contributed by atoms with Crippen molar-refractivity contribution in [2.75, 3.05) is 6.54 Å². The van der Waals surface area contributed by atoms with Crippen molar-refractivity contribution in [1.82, 2.24) is 10.2 Å². The molecule has 0 saturated heterocycles. The smallest absolute Gasteiger partial charge is 0.326 e. The SMILES string of the molecule is O=C(NC(Cc1ccc(O)c(O)c1)C(=O)O)c1c(Cl)cc2c(c1Cl)CCN(C(=O)c1ccc3ccoc3c1)C2. The Hall–Kier alpha value is -4.21. The fourth-order valence-electron chi connectivity index (χ4n) is 4.67. The Morgan fingerprint density at radius 3 is 2.56 bits per heavy atom. The number of phenolic OH excluding ortho intramolecular Hbond substituents is 2. The van der Waals surface area contributed by atoms with Crippen LogP contribution in [-0.4, -0.2) is 50.6 Å². The van der Waals surface area contributed by atoms with Crippen LogP contribution >= 0.6 is 23.2 Å². The van der Waals surface area contributed by atoms with Gasteiger partial charge < -0.3 is 30.0 Å². The van der Waals surface area contributed by atoms with E-state index in [2.05, 4.69) is 5.32 Å². The zero-order valence-electron chi connectivity index (χ0n) is 20.3. The summed E-state index contributed by atoms with van der Waals surface area (Å²) in [7, 11) is 0. The molecule has 4 N–H and O–H groups in total. The molecule has 4 aromatic rings. The molecule has 0 bridgehead atoms. The molecule has 11 heteroatoms. The molecule has 0 saturated carbocycles. The zero-order chi connectivity index (χ0) is 27.8. The summed E-state index contributed by atoms with van der Waals surface area (Å²) in [5, 5.41) is 32.3. The predicted molar refractivity (Wildman–Crippen MR) is 143 cm³/mol. The minimum Gasteiger partial charge on any atom is -0.504 e. The Labute approximate surface area is 232 Å². The summed E-state index contributed by atoms with van der Waals surface area (Å²) >= 11 is 13.1. The van der Waals surface area contributed by atoms with Crippen LogP contribution in [0.15, 0.2) is 59.2 Å². The monoisotopic (exact) mass is 568 g/mol. The van der Waals surface area contributed by atoms with E-state index < -0.39 is 23.7 Å². The van der Waals surface area contributed by atoms with Gasteiger partial charge in [-0.05, 0) is 59.5 Å². The molecule has 0 aliphatic carbocycles. The van der Waals surface area contributed by atoms with Gasteiger partial charge in [0, 0.05) is 30.5 Å². The van der Waals surface area contributed by atoms with Gasteiger partial charge in [0.25, 0.3) is 11.8 Å². The lowest BCUT2D eigenvalue weighted by molar-refractivity contribution is -0.139. The second-order valence-corrected chi connectivity index (χ2v) is 10.0. The Kier molecular flexibility index (Phi) is 7.12. The number of fused-ring (bicyclic) bond motifs is 2. The average molecular weight is 569 g/mol. The molecule has 0 spiro atoms. The van der Waals surface area contributed by atoms with Gasteiger partial charge in [0.2, 0.25) is 0 Å². The molecule has 2 heterocycles. The van der Waals surface area contributed by atoms with Crippen molar-refractivity contribution >= 4 is 52.0 Å². The van der Waals surface area contributed by atoms with Crippen LogP contribution in [0.2, 0.25) is 10.0 Å². The van der Waals surface area contributed by atoms with Crippen LogP contribution in [0.4, 0.5) is 0 Å². The van der Waals surface area contributed by atoms with E-state index in [1.54, 1.807) is 29.4 Å². The molecule has 1 aromatic heterocycles. The number of hydrogen-bond donors (Lipinski definition) is 4. The standard InChI is InChI=1S/C28H22Cl2N2O7/c29-19-11-17-13-32(27(36)16-3-2-15-6-8-39-23(15)12-16)7-5-18(17)25(30)24(19)26(35)31-20(28(37)38)9-14-1-4-21(33)22(34)10-14/h1-4,6,8,10-12,20,33-34H,5,7,9,13H2,(H,31,35)(H,37,38). The van der Waals surface area contributed by atoms with Crippen LogP contribution in [-0.2, 0) is 24.2 Å². The Morgan fingerprint density at radius 1 is 1.03 bits per heavy atom. The van der Waals surface area contributed by atoms with E-state index >= 15 is 0 Å². The van der Waals surface area contributed by atoms with Crippen LogP contribution in [0.3, 0.4) is 0 Å². The summed E-state index contributed by atoms with van der Waals surface area (Å²) in [6.45, 7) is 0.584. The van der Waals surface area contributed by atoms with Crippen LogP contribution in [0, 0.1) is 0 Å². The van der Waals surface area contributed by atoms with Gasteiger partial charge >= 0.3 is 5.97 Å². The van der Waals surface area contributed by atoms with Crippen molar-refractivity contribution in [3.05, 3.63) is 92.7 Å². The van der Waals surface area contributed by atoms with E-state index in [-0.39, 0.29) is 40.2 Å². The number of carboxylic acid groups (broad SMARTS) is 1. The van der Waals surface area contributed by atoms with Crippen molar-refractivity contribution in [2.24, 2.45) is 0 Å². The number of nitrogens with zero attached hydrogens (tertiary/aromatic N) is 1. The second kappa shape index (κ2) is 10.5. The lowest BCUT2D eigenvalue weighted by Gasteiger charge is -2.30. The molecule has 39 heavy (non-hydrogen) atoms. The third-order valence-electron chi connectivity index (χ3n) is 6.71. The Morgan fingerprint density at radius 2 is 1.82 bits per heavy atom. The number of aliphatic carboxylic acids is 1. The number of phenols is 2. The number of carboxylic acids is 1. The molecular formula is C28H22Cl2N2O7. The van der Waals surface area contributed by atoms with E-state index in [1.165, 1.54) is 18.2 Å². The number of halogens is 2. The first-order valence-electron chi connectivity index (χ1n) is 11.9. The van der Waals surface area contributed by atoms with Crippen molar-refractivity contribution in [3.63, 3.8) is 0 Å². The Balaban J connectivity index is 1.35. The summed E-state index contributed by atoms with van der Waals surface area (Å²) in [5.41, 5.74) is 2.77. The highest BCUT2D eigenvalue weighted by Gasteiger charge is 2.30. The highest BCUT2D eigenvalue weighted by molar-refractivity contribution is 6.40. The summed E-state index contributed by atoms with van der Waals surface area (Å²) in [6.07, 6.45) is 1.77. The molecule has 5 rings (SSSR count). The first-order chi connectivity index (χ1) is 18.6. The van der Waals surface area contributed by atoms with Gasteiger partial charge in [0.1, 0.15) is 11.6 Å². The van der Waals surface area contributed by atoms with Crippen molar-refractivity contribution in [3.8, 4) is 11.5 Å². The molecule has 9 nitrogen and oxygen atoms in total. The fourth-order valence-corrected chi connectivity index (χ4v) is 5.43. The molecule has 3 aromatic carbocycles. The van der Waals surface area contributed by atoms with Gasteiger partial charge in [-0.2, -0.15) is 0 Å². The van der Waals surface area contributed by atoms with Crippen molar-refractivity contribution in [1.29, 1.82) is 0 Å². The molecular weight excluding hydrogens is 547 g/mol. The average Bonchev–Trinajstić information content (AvgIpc) is 3.37. The normalized spacial score (nSPS) is 13.6. The van der Waals surface area contributed by atoms with Crippen LogP contribution in [0.1, 0.15) is 37.4 Å². The summed E-state index contributed by atoms with van der Waals surface area (Å²) in [4.78, 5) is 39.8. The largest absolute Gasteiger partial charge is 0.504 e. The van der Waals surface area contributed by atoms with Crippen LogP contribution < -0.4 is 5.32 Å². The number of rotatable bonds is 6. The first kappa shape index (κ1) is 26.4. The zero-order valence-corrected chi connectivity index (χ0v) is 21.8. The van der Waals surface area contributed by atoms with Gasteiger partial charge in [0.05, 0.1) is 21.9 Å². The highest BCUT2D eigenvalue weighted by Crippen LogP contribution is 2.35. The topological polar surface area (TPSA) is 140 Å². The molecule has 1 aliphatic rings. The Bertz CT molecular complexity index is 1630. The lowest BCUT2D eigenvalue weighted by atomic mass is 9.95. The number of carbonyl (C=O) groups is 3. The molecule has 2 amide bonds. The van der Waals surface area contributed by atoms with Crippen LogP contribution in [0.5, 0.6) is 11.5 Å². The van der Waals surface area contributed by atoms with Gasteiger partial charge in [0.15, 0.2) is 11.5 Å². The number of amides is 2. The quantitative estimate of drug-likeness (QED) is 0.245. The molecule has 1 atom stereocenters. The first-order valence-corrected chi connectivity index (χ1v) is 12.7. The summed E-state index contributed by atoms with van der Waals surface area (Å²) in [6, 6.07) is 11.2. The minimum atomic E-state index is -1.36. The minimum absolute atomic E-state index is 0.0222. The van der Waals surface area contributed by atoms with Crippen molar-refractivity contribution in [2.45, 2.75) is 25.4 Å². The van der Waals surface area contributed by atoms with Gasteiger partial charge in [-0.25, -0.2) is 4.79 Å². The third kappa shape index (κ3) is 5.23. The van der Waals surface area contributed by atoms with Gasteiger partial charge in [-0.15, -0.1) is 0 Å².